The first kappa shape index (κ1) is 23.0. The van der Waals surface area contributed by atoms with Crippen LogP contribution in [-0.4, -0.2) is 47.1 Å². The van der Waals surface area contributed by atoms with Crippen molar-refractivity contribution in [3.05, 3.63) is 23.0 Å². The molecule has 0 radical (unpaired) electrons. The molecule has 6 nitrogen and oxygen atoms in total. The zero-order chi connectivity index (χ0) is 20.6. The molecule has 2 aliphatic rings. The summed E-state index contributed by atoms with van der Waals surface area (Å²) in [6.07, 6.45) is 5.16. The minimum Gasteiger partial charge on any atom is -0.339 e. The molecule has 1 aliphatic carbocycles. The summed E-state index contributed by atoms with van der Waals surface area (Å²) >= 11 is 0. The Balaban J connectivity index is 0.00000256. The summed E-state index contributed by atoms with van der Waals surface area (Å²) in [4.78, 5) is 20.3. The van der Waals surface area contributed by atoms with Gasteiger partial charge in [0.2, 0.25) is 0 Å². The van der Waals surface area contributed by atoms with E-state index in [4.69, 9.17) is 9.51 Å². The fourth-order valence-corrected chi connectivity index (χ4v) is 4.27. The van der Waals surface area contributed by atoms with Gasteiger partial charge in [0.1, 0.15) is 0 Å². The minimum absolute atomic E-state index is 0. The monoisotopic (exact) mass is 434 g/mol. The van der Waals surface area contributed by atoms with Gasteiger partial charge < -0.3 is 14.7 Å². The Morgan fingerprint density at radius 2 is 1.93 bits per heavy atom. The molecule has 3 heterocycles. The summed E-state index contributed by atoms with van der Waals surface area (Å²) < 4.78 is 5.61. The zero-order valence-electron chi connectivity index (χ0n) is 18.7. The molecule has 0 atom stereocenters. The van der Waals surface area contributed by atoms with Crippen LogP contribution in [0.3, 0.4) is 0 Å². The minimum atomic E-state index is 0. The van der Waals surface area contributed by atoms with Crippen LogP contribution < -0.4 is 5.32 Å². The molecular weight excluding hydrogens is 400 g/mol. The summed E-state index contributed by atoms with van der Waals surface area (Å²) in [6.45, 7) is 12.4. The number of hydrogen-bond donors (Lipinski definition) is 1. The van der Waals surface area contributed by atoms with Crippen LogP contribution in [0.5, 0.6) is 0 Å². The second-order valence-corrected chi connectivity index (χ2v) is 9.96. The lowest BCUT2D eigenvalue weighted by Crippen LogP contribution is -2.41. The molecule has 2 fully saturated rings. The van der Waals surface area contributed by atoms with E-state index in [0.29, 0.717) is 17.5 Å². The van der Waals surface area contributed by atoms with Crippen molar-refractivity contribution < 1.29 is 9.32 Å². The van der Waals surface area contributed by atoms with E-state index in [1.807, 2.05) is 11.0 Å². The van der Waals surface area contributed by atoms with E-state index in [0.717, 1.165) is 80.6 Å². The fraction of sp³-hybridized carbons (Fsp3) is 0.696. The Bertz CT molecular complexity index is 877. The van der Waals surface area contributed by atoms with E-state index in [1.165, 1.54) is 0 Å². The van der Waals surface area contributed by atoms with Crippen LogP contribution in [-0.2, 0) is 6.42 Å². The maximum Gasteiger partial charge on any atom is 0.259 e. The van der Waals surface area contributed by atoms with Crippen LogP contribution in [0.1, 0.15) is 81.0 Å². The lowest BCUT2D eigenvalue weighted by molar-refractivity contribution is 0.0692. The van der Waals surface area contributed by atoms with Crippen molar-refractivity contribution in [2.45, 2.75) is 65.7 Å². The van der Waals surface area contributed by atoms with Gasteiger partial charge in [-0.15, -0.1) is 12.4 Å². The lowest BCUT2D eigenvalue weighted by atomic mass is 9.89. The molecule has 2 aromatic heterocycles. The van der Waals surface area contributed by atoms with Gasteiger partial charge in [0.25, 0.3) is 11.6 Å². The SMILES string of the molecule is CCNCC1CCN(C(=O)c2cc(C3CC3)nc3onc(CC(C)(C)C)c23)CC1.Cl. The molecule has 4 rings (SSSR count). The first-order valence-electron chi connectivity index (χ1n) is 11.1. The van der Waals surface area contributed by atoms with Gasteiger partial charge in [0, 0.05) is 24.7 Å². The first-order valence-corrected chi connectivity index (χ1v) is 11.1. The number of aromatic nitrogens is 2. The van der Waals surface area contributed by atoms with Gasteiger partial charge in [0.15, 0.2) is 0 Å². The van der Waals surface area contributed by atoms with E-state index >= 15 is 0 Å². The van der Waals surface area contributed by atoms with E-state index in [1.54, 1.807) is 0 Å². The highest BCUT2D eigenvalue weighted by Crippen LogP contribution is 2.41. The Hall–Kier alpha value is -1.66. The van der Waals surface area contributed by atoms with Crippen LogP contribution in [0.2, 0.25) is 0 Å². The zero-order valence-corrected chi connectivity index (χ0v) is 19.5. The Kier molecular flexibility index (Phi) is 7.08. The quantitative estimate of drug-likeness (QED) is 0.720. The van der Waals surface area contributed by atoms with Crippen LogP contribution in [0.4, 0.5) is 0 Å². The average molecular weight is 435 g/mol. The molecule has 166 valence electrons. The number of carbonyl (C=O) groups is 1. The third-order valence-corrected chi connectivity index (χ3v) is 6.05. The number of carbonyl (C=O) groups excluding carboxylic acids is 1. The predicted molar refractivity (Wildman–Crippen MR) is 121 cm³/mol. The summed E-state index contributed by atoms with van der Waals surface area (Å²) in [6, 6.07) is 2.02. The molecule has 7 heteroatoms. The van der Waals surface area contributed by atoms with Crippen LogP contribution in [0.15, 0.2) is 10.6 Å². The topological polar surface area (TPSA) is 71.3 Å². The fourth-order valence-electron chi connectivity index (χ4n) is 4.27. The normalized spacial score (nSPS) is 17.9. The van der Waals surface area contributed by atoms with Crippen LogP contribution in [0.25, 0.3) is 11.1 Å². The molecule has 0 spiro atoms. The third-order valence-electron chi connectivity index (χ3n) is 6.05. The second kappa shape index (κ2) is 9.23. The number of pyridine rings is 1. The van der Waals surface area contributed by atoms with Gasteiger partial charge in [0.05, 0.1) is 16.6 Å². The summed E-state index contributed by atoms with van der Waals surface area (Å²) in [5, 5.41) is 8.58. The van der Waals surface area contributed by atoms with Crippen molar-refractivity contribution in [2.24, 2.45) is 11.3 Å². The first-order chi connectivity index (χ1) is 13.9. The highest BCUT2D eigenvalue weighted by molar-refractivity contribution is 6.06. The maximum absolute atomic E-state index is 13.6. The number of piperidine rings is 1. The van der Waals surface area contributed by atoms with Gasteiger partial charge in [-0.25, -0.2) is 4.98 Å². The molecule has 1 saturated carbocycles. The molecule has 1 N–H and O–H groups in total. The maximum atomic E-state index is 13.6. The lowest BCUT2D eigenvalue weighted by Gasteiger charge is -2.32. The molecular formula is C23H35ClN4O2. The van der Waals surface area contributed by atoms with E-state index < -0.39 is 0 Å². The molecule has 1 amide bonds. The van der Waals surface area contributed by atoms with Crippen molar-refractivity contribution in [3.8, 4) is 0 Å². The number of rotatable bonds is 6. The van der Waals surface area contributed by atoms with Crippen molar-refractivity contribution in [3.63, 3.8) is 0 Å². The summed E-state index contributed by atoms with van der Waals surface area (Å²) in [5.74, 6) is 1.23. The Morgan fingerprint density at radius 1 is 1.23 bits per heavy atom. The van der Waals surface area contributed by atoms with Gasteiger partial charge in [-0.1, -0.05) is 32.9 Å². The molecule has 30 heavy (non-hydrogen) atoms. The molecule has 0 aromatic carbocycles. The van der Waals surface area contributed by atoms with Crippen molar-refractivity contribution in [2.75, 3.05) is 26.2 Å². The summed E-state index contributed by atoms with van der Waals surface area (Å²) in [7, 11) is 0. The summed E-state index contributed by atoms with van der Waals surface area (Å²) in [5.41, 5.74) is 3.17. The molecule has 0 unspecified atom stereocenters. The standard InChI is InChI=1S/C23H34N4O2.ClH/c1-5-24-14-15-8-10-27(11-9-15)22(28)17-12-18(16-6-7-16)25-21-20(17)19(26-29-21)13-23(2,3)4;/h12,15-16,24H,5-11,13-14H2,1-4H3;1H. The van der Waals surface area contributed by atoms with Crippen molar-refractivity contribution in [1.82, 2.24) is 20.4 Å². The van der Waals surface area contributed by atoms with Crippen LogP contribution in [0, 0.1) is 11.3 Å². The average Bonchev–Trinajstić information content (AvgIpc) is 3.47. The van der Waals surface area contributed by atoms with E-state index in [2.05, 4.69) is 38.2 Å². The van der Waals surface area contributed by atoms with Crippen molar-refractivity contribution >= 4 is 29.4 Å². The van der Waals surface area contributed by atoms with Gasteiger partial charge >= 0.3 is 0 Å². The molecule has 1 aliphatic heterocycles. The Labute approximate surface area is 185 Å². The number of likely N-dealkylation sites (tertiary alicyclic amines) is 1. The molecule has 1 saturated heterocycles. The highest BCUT2D eigenvalue weighted by Gasteiger charge is 2.32. The number of amides is 1. The van der Waals surface area contributed by atoms with Crippen LogP contribution >= 0.6 is 12.4 Å². The second-order valence-electron chi connectivity index (χ2n) is 9.96. The van der Waals surface area contributed by atoms with Gasteiger partial charge in [-0.05, 0) is 62.6 Å². The molecule has 2 aromatic rings. The van der Waals surface area contributed by atoms with Gasteiger partial charge in [-0.3, -0.25) is 4.79 Å². The largest absolute Gasteiger partial charge is 0.339 e. The Morgan fingerprint density at radius 3 is 2.53 bits per heavy atom. The smallest absolute Gasteiger partial charge is 0.259 e. The van der Waals surface area contributed by atoms with E-state index in [-0.39, 0.29) is 23.7 Å². The van der Waals surface area contributed by atoms with Gasteiger partial charge in [-0.2, -0.15) is 0 Å². The highest BCUT2D eigenvalue weighted by atomic mass is 35.5. The number of nitrogens with one attached hydrogen (secondary N) is 1. The number of nitrogens with zero attached hydrogens (tertiary/aromatic N) is 3. The third kappa shape index (κ3) is 5.14. The number of hydrogen-bond acceptors (Lipinski definition) is 5. The van der Waals surface area contributed by atoms with E-state index in [9.17, 15) is 4.79 Å². The number of halogens is 1. The molecule has 0 bridgehead atoms. The predicted octanol–water partition coefficient (Wildman–Crippen LogP) is 4.57. The number of fused-ring (bicyclic) bond motifs is 1. The van der Waals surface area contributed by atoms with Crippen molar-refractivity contribution in [1.29, 1.82) is 0 Å².